The smallest absolute Gasteiger partial charge is 0.184 e. The highest BCUT2D eigenvalue weighted by atomic mass is 16.7. The van der Waals surface area contributed by atoms with Crippen molar-refractivity contribution in [2.24, 2.45) is 5.18 Å². The predicted molar refractivity (Wildman–Crippen MR) is 76.6 cm³/mol. The van der Waals surface area contributed by atoms with Gasteiger partial charge in [-0.2, -0.15) is 0 Å². The van der Waals surface area contributed by atoms with Gasteiger partial charge in [0.05, 0.1) is 19.8 Å². The minimum Gasteiger partial charge on any atom is -0.392 e. The quantitative estimate of drug-likeness (QED) is 0.878. The molecule has 0 bridgehead atoms. The van der Waals surface area contributed by atoms with E-state index in [9.17, 15) is 10.0 Å². The van der Waals surface area contributed by atoms with E-state index in [-0.39, 0.29) is 6.61 Å². The van der Waals surface area contributed by atoms with Crippen LogP contribution in [0.1, 0.15) is 28.5 Å². The van der Waals surface area contributed by atoms with Crippen LogP contribution < -0.4 is 0 Å². The summed E-state index contributed by atoms with van der Waals surface area (Å²) in [4.78, 5) is 10.4. The Kier molecular flexibility index (Phi) is 4.06. The Hall–Kier alpha value is -2.08. The lowest BCUT2D eigenvalue weighted by atomic mass is 10.1. The van der Waals surface area contributed by atoms with Gasteiger partial charge in [-0.25, -0.2) is 0 Å². The molecule has 2 aromatic carbocycles. The van der Waals surface area contributed by atoms with Crippen molar-refractivity contribution < 1.29 is 14.6 Å². The molecule has 0 spiro atoms. The van der Waals surface area contributed by atoms with Gasteiger partial charge in [0.25, 0.3) is 0 Å². The summed E-state index contributed by atoms with van der Waals surface area (Å²) < 4.78 is 11.5. The number of nitrogens with zero attached hydrogens (tertiary/aromatic N) is 1. The first-order valence-electron chi connectivity index (χ1n) is 6.68. The Balaban J connectivity index is 1.78. The SMILES string of the molecule is O=Nc1ccc(C2OCc3ccc(CO)cc3CO2)cc1. The maximum absolute atomic E-state index is 10.4. The van der Waals surface area contributed by atoms with Crippen LogP contribution in [0, 0.1) is 4.91 Å². The minimum absolute atomic E-state index is 0.0116. The molecule has 1 aliphatic heterocycles. The second kappa shape index (κ2) is 6.13. The normalized spacial score (nSPS) is 17.9. The molecule has 0 aliphatic carbocycles. The van der Waals surface area contributed by atoms with Crippen molar-refractivity contribution in [2.45, 2.75) is 26.1 Å². The molecule has 3 rings (SSSR count). The lowest BCUT2D eigenvalue weighted by Crippen LogP contribution is -2.05. The molecule has 0 saturated carbocycles. The molecule has 1 aliphatic rings. The maximum atomic E-state index is 10.4. The third kappa shape index (κ3) is 3.00. The number of hydrogen-bond donors (Lipinski definition) is 1. The van der Waals surface area contributed by atoms with Gasteiger partial charge in [-0.05, 0) is 34.0 Å². The molecular formula is C16H15NO4. The van der Waals surface area contributed by atoms with Gasteiger partial charge in [-0.1, -0.05) is 30.3 Å². The van der Waals surface area contributed by atoms with Crippen LogP contribution in [0.2, 0.25) is 0 Å². The van der Waals surface area contributed by atoms with Crippen LogP contribution in [-0.4, -0.2) is 5.11 Å². The number of rotatable bonds is 3. The van der Waals surface area contributed by atoms with E-state index in [0.29, 0.717) is 18.9 Å². The first-order valence-corrected chi connectivity index (χ1v) is 6.68. The zero-order chi connectivity index (χ0) is 14.7. The molecule has 5 heteroatoms. The summed E-state index contributed by atoms with van der Waals surface area (Å²) in [6.07, 6.45) is -0.476. The topological polar surface area (TPSA) is 68.1 Å². The number of benzene rings is 2. The molecule has 1 unspecified atom stereocenters. The monoisotopic (exact) mass is 285 g/mol. The number of aliphatic hydroxyl groups is 1. The number of fused-ring (bicyclic) bond motifs is 1. The van der Waals surface area contributed by atoms with Crippen LogP contribution in [0.15, 0.2) is 47.6 Å². The molecule has 2 aromatic rings. The summed E-state index contributed by atoms with van der Waals surface area (Å²) in [7, 11) is 0. The molecule has 1 N–H and O–H groups in total. The Morgan fingerprint density at radius 2 is 1.76 bits per heavy atom. The largest absolute Gasteiger partial charge is 0.392 e. The standard InChI is InChI=1S/C16H15NO4/c18-8-11-1-2-13-9-20-16(21-10-14(13)7-11)12-3-5-15(17-19)6-4-12/h1-7,16,18H,8-10H2. The summed E-state index contributed by atoms with van der Waals surface area (Å²) in [5.74, 6) is 0. The summed E-state index contributed by atoms with van der Waals surface area (Å²) in [6, 6.07) is 12.6. The zero-order valence-electron chi connectivity index (χ0n) is 11.4. The molecule has 1 atom stereocenters. The van der Waals surface area contributed by atoms with Gasteiger partial charge in [-0.15, -0.1) is 4.91 Å². The van der Waals surface area contributed by atoms with Gasteiger partial charge in [0.15, 0.2) is 6.29 Å². The Bertz CT molecular complexity index is 639. The first-order chi connectivity index (χ1) is 10.3. The van der Waals surface area contributed by atoms with Crippen LogP contribution in [-0.2, 0) is 29.3 Å². The van der Waals surface area contributed by atoms with E-state index >= 15 is 0 Å². The van der Waals surface area contributed by atoms with Crippen LogP contribution in [0.3, 0.4) is 0 Å². The fourth-order valence-electron chi connectivity index (χ4n) is 2.32. The maximum Gasteiger partial charge on any atom is 0.184 e. The van der Waals surface area contributed by atoms with Gasteiger partial charge in [-0.3, -0.25) is 0 Å². The lowest BCUT2D eigenvalue weighted by molar-refractivity contribution is -0.153. The van der Waals surface area contributed by atoms with E-state index in [4.69, 9.17) is 9.47 Å². The van der Waals surface area contributed by atoms with E-state index < -0.39 is 6.29 Å². The Labute approximate surface area is 122 Å². The van der Waals surface area contributed by atoms with Crippen LogP contribution in [0.4, 0.5) is 5.69 Å². The lowest BCUT2D eigenvalue weighted by Gasteiger charge is -2.15. The Morgan fingerprint density at radius 3 is 2.43 bits per heavy atom. The summed E-state index contributed by atoms with van der Waals surface area (Å²) in [5.41, 5.74) is 4.16. The van der Waals surface area contributed by atoms with E-state index in [0.717, 1.165) is 22.3 Å². The van der Waals surface area contributed by atoms with Crippen LogP contribution >= 0.6 is 0 Å². The number of ether oxygens (including phenoxy) is 2. The van der Waals surface area contributed by atoms with E-state index in [2.05, 4.69) is 5.18 Å². The van der Waals surface area contributed by atoms with Crippen molar-refractivity contribution in [1.82, 2.24) is 0 Å². The van der Waals surface area contributed by atoms with E-state index in [1.165, 1.54) is 0 Å². The van der Waals surface area contributed by atoms with Crippen LogP contribution in [0.5, 0.6) is 0 Å². The van der Waals surface area contributed by atoms with Gasteiger partial charge >= 0.3 is 0 Å². The highest BCUT2D eigenvalue weighted by Gasteiger charge is 2.19. The van der Waals surface area contributed by atoms with Crippen molar-refractivity contribution in [3.8, 4) is 0 Å². The second-order valence-corrected chi connectivity index (χ2v) is 4.90. The summed E-state index contributed by atoms with van der Waals surface area (Å²) >= 11 is 0. The van der Waals surface area contributed by atoms with Crippen molar-refractivity contribution in [3.05, 3.63) is 69.6 Å². The third-order valence-electron chi connectivity index (χ3n) is 3.50. The molecule has 1 heterocycles. The molecule has 0 saturated heterocycles. The summed E-state index contributed by atoms with van der Waals surface area (Å²) in [5, 5.41) is 12.1. The number of aliphatic hydroxyl groups excluding tert-OH is 1. The van der Waals surface area contributed by atoms with Gasteiger partial charge in [0, 0.05) is 5.56 Å². The highest BCUT2D eigenvalue weighted by molar-refractivity contribution is 5.39. The average Bonchev–Trinajstić information content (AvgIpc) is 2.76. The minimum atomic E-state index is -0.476. The molecule has 5 nitrogen and oxygen atoms in total. The first kappa shape index (κ1) is 13.9. The molecule has 0 radical (unpaired) electrons. The summed E-state index contributed by atoms with van der Waals surface area (Å²) in [6.45, 7) is 0.874. The molecule has 108 valence electrons. The van der Waals surface area contributed by atoms with Crippen molar-refractivity contribution in [3.63, 3.8) is 0 Å². The van der Waals surface area contributed by atoms with Crippen molar-refractivity contribution in [1.29, 1.82) is 0 Å². The van der Waals surface area contributed by atoms with Gasteiger partial charge in [0.2, 0.25) is 0 Å². The highest BCUT2D eigenvalue weighted by Crippen LogP contribution is 2.29. The van der Waals surface area contributed by atoms with Crippen LogP contribution in [0.25, 0.3) is 0 Å². The van der Waals surface area contributed by atoms with E-state index in [1.807, 2.05) is 18.2 Å². The predicted octanol–water partition coefficient (Wildman–Crippen LogP) is 3.32. The Morgan fingerprint density at radius 1 is 1.05 bits per heavy atom. The number of nitroso groups, excluding NO2 is 1. The molecular weight excluding hydrogens is 270 g/mol. The second-order valence-electron chi connectivity index (χ2n) is 4.90. The fourth-order valence-corrected chi connectivity index (χ4v) is 2.32. The van der Waals surface area contributed by atoms with Crippen molar-refractivity contribution in [2.75, 3.05) is 0 Å². The molecule has 0 fully saturated rings. The average molecular weight is 285 g/mol. The molecule has 0 amide bonds. The van der Waals surface area contributed by atoms with Crippen molar-refractivity contribution >= 4 is 5.69 Å². The fraction of sp³-hybridized carbons (Fsp3) is 0.250. The van der Waals surface area contributed by atoms with Gasteiger partial charge < -0.3 is 14.6 Å². The van der Waals surface area contributed by atoms with E-state index in [1.54, 1.807) is 24.3 Å². The van der Waals surface area contributed by atoms with Gasteiger partial charge in [0.1, 0.15) is 5.69 Å². The molecule has 21 heavy (non-hydrogen) atoms. The number of hydrogen-bond acceptors (Lipinski definition) is 5. The third-order valence-corrected chi connectivity index (χ3v) is 3.50. The zero-order valence-corrected chi connectivity index (χ0v) is 11.4. The molecule has 0 aromatic heterocycles.